The van der Waals surface area contributed by atoms with Gasteiger partial charge in [-0.1, -0.05) is 133 Å². The number of benzene rings is 7. The average Bonchev–Trinajstić information content (AvgIpc) is 4.13. The highest BCUT2D eigenvalue weighted by molar-refractivity contribution is 7.25. The molecule has 3 heterocycles. The van der Waals surface area contributed by atoms with Crippen LogP contribution in [-0.4, -0.2) is 19.5 Å². The van der Waals surface area contributed by atoms with Gasteiger partial charge in [-0.05, 0) is 41.8 Å². The molecule has 0 amide bonds. The maximum Gasteiger partial charge on any atom is 0.164 e. The van der Waals surface area contributed by atoms with Gasteiger partial charge in [0.2, 0.25) is 0 Å². The Kier molecular flexibility index (Phi) is 2.83. The fourth-order valence-corrected chi connectivity index (χ4v) is 6.33. The summed E-state index contributed by atoms with van der Waals surface area (Å²) < 4.78 is 248. The second kappa shape index (κ2) is 11.6. The van der Waals surface area contributed by atoms with Gasteiger partial charge in [0.05, 0.1) is 55.1 Å². The number of aromatic nitrogens is 4. The minimum Gasteiger partial charge on any atom is -0.309 e. The van der Waals surface area contributed by atoms with Gasteiger partial charge in [0.15, 0.2) is 17.5 Å². The molecule has 3 aromatic heterocycles. The highest BCUT2D eigenvalue weighted by atomic mass is 32.1. The van der Waals surface area contributed by atoms with Gasteiger partial charge in [0.25, 0.3) is 0 Å². The molecule has 0 aliphatic carbocycles. The minimum atomic E-state index is -0.988. The topological polar surface area (TPSA) is 43.6 Å². The molecule has 0 bridgehead atoms. The normalized spacial score (nSPS) is 19.4. The van der Waals surface area contributed by atoms with Crippen molar-refractivity contribution in [1.82, 2.24) is 19.5 Å². The molecule has 0 N–H and O–H groups in total. The minimum absolute atomic E-state index is 0.278. The van der Waals surface area contributed by atoms with Crippen LogP contribution in [0.15, 0.2) is 169 Å². The first-order valence-corrected chi connectivity index (χ1v) is 15.2. The Labute approximate surface area is 332 Å². The van der Waals surface area contributed by atoms with Crippen LogP contribution in [0.2, 0.25) is 0 Å². The molecule has 0 atom stereocenters. The predicted octanol–water partition coefficient (Wildman–Crippen LogP) is 12.0. The number of hydrogen-bond donors (Lipinski definition) is 0. The Morgan fingerprint density at radius 1 is 0.400 bits per heavy atom. The highest BCUT2D eigenvalue weighted by Gasteiger charge is 2.17. The van der Waals surface area contributed by atoms with Crippen LogP contribution in [0.25, 0.3) is 93.0 Å². The van der Waals surface area contributed by atoms with Crippen molar-refractivity contribution in [1.29, 1.82) is 0 Å². The molecular formula is C45H28N4S. The molecule has 0 aliphatic rings. The molecule has 0 saturated heterocycles. The fourth-order valence-electron chi connectivity index (χ4n) is 5.36. The van der Waals surface area contributed by atoms with Gasteiger partial charge in [0, 0.05) is 53.2 Å². The number of fused-ring (bicyclic) bond motifs is 6. The van der Waals surface area contributed by atoms with E-state index in [1.165, 1.54) is 0 Å². The summed E-state index contributed by atoms with van der Waals surface area (Å²) in [6.07, 6.45) is 0. The van der Waals surface area contributed by atoms with Crippen molar-refractivity contribution < 1.29 is 38.4 Å². The molecule has 7 aromatic carbocycles. The van der Waals surface area contributed by atoms with Crippen molar-refractivity contribution in [3.05, 3.63) is 169 Å². The van der Waals surface area contributed by atoms with E-state index >= 15 is 0 Å². The van der Waals surface area contributed by atoms with Crippen LogP contribution in [0.3, 0.4) is 0 Å². The van der Waals surface area contributed by atoms with Gasteiger partial charge in [-0.3, -0.25) is 0 Å². The molecule has 50 heavy (non-hydrogen) atoms. The van der Waals surface area contributed by atoms with Crippen molar-refractivity contribution >= 4 is 53.3 Å². The zero-order valence-corrected chi connectivity index (χ0v) is 25.5. The van der Waals surface area contributed by atoms with Crippen molar-refractivity contribution in [3.63, 3.8) is 0 Å². The van der Waals surface area contributed by atoms with Gasteiger partial charge in [-0.25, -0.2) is 15.0 Å². The number of nitrogens with zero attached hydrogens (tertiary/aromatic N) is 4. The Bertz CT molecular complexity index is 4270. The number of para-hydroxylation sites is 3. The van der Waals surface area contributed by atoms with E-state index in [1.807, 2.05) is 0 Å². The van der Waals surface area contributed by atoms with Gasteiger partial charge in [0.1, 0.15) is 0 Å². The van der Waals surface area contributed by atoms with Gasteiger partial charge in [-0.15, -0.1) is 11.3 Å². The summed E-state index contributed by atoms with van der Waals surface area (Å²) >= 11 is 0.557. The molecule has 0 fully saturated rings. The molecule has 0 spiro atoms. The van der Waals surface area contributed by atoms with Crippen LogP contribution in [0.5, 0.6) is 0 Å². The van der Waals surface area contributed by atoms with Crippen LogP contribution in [0.1, 0.15) is 38.4 Å². The largest absolute Gasteiger partial charge is 0.309 e. The summed E-state index contributed by atoms with van der Waals surface area (Å²) in [5.41, 5.74) is -5.44. The SMILES string of the molecule is [2H]c1c([2H])c([2H])c(-c2nc(-c3c([2H])c([2H])c([2H])c([2H])c3[2H])nc(-c3c([2H])c([2H])c4c(sc5c([2H])c([2H])c(-c6c([2H])c([2H])c([2H])c([2H])c6-n6c7c([2H])c([2H])c([2H])c([2H])c7c7c([2H])c([2H])c([2H])c([2H])c76)c([2H])c54)c3[2H])n2)c([2H])c1[2H]. The Hall–Kier alpha value is -6.43. The van der Waals surface area contributed by atoms with E-state index in [-0.39, 0.29) is 9.40 Å². The summed E-state index contributed by atoms with van der Waals surface area (Å²) in [5.74, 6) is -2.24. The molecule has 234 valence electrons. The van der Waals surface area contributed by atoms with E-state index in [2.05, 4.69) is 15.0 Å². The van der Waals surface area contributed by atoms with E-state index in [0.29, 0.717) is 11.3 Å². The molecule has 4 nitrogen and oxygen atoms in total. The van der Waals surface area contributed by atoms with E-state index in [4.69, 9.17) is 27.4 Å². The Morgan fingerprint density at radius 2 is 0.940 bits per heavy atom. The van der Waals surface area contributed by atoms with Crippen LogP contribution in [0, 0.1) is 0 Å². The highest BCUT2D eigenvalue weighted by Crippen LogP contribution is 2.41. The van der Waals surface area contributed by atoms with Crippen molar-refractivity contribution in [2.45, 2.75) is 0 Å². The first-order valence-electron chi connectivity index (χ1n) is 28.4. The third-order valence-corrected chi connectivity index (χ3v) is 8.51. The molecule has 10 aromatic rings. The summed E-state index contributed by atoms with van der Waals surface area (Å²) in [7, 11) is 0. The van der Waals surface area contributed by atoms with E-state index in [9.17, 15) is 11.0 Å². The molecule has 10 rings (SSSR count). The second-order valence-electron chi connectivity index (χ2n) is 10.3. The van der Waals surface area contributed by atoms with Gasteiger partial charge < -0.3 is 4.57 Å². The van der Waals surface area contributed by atoms with Gasteiger partial charge in [-0.2, -0.15) is 0 Å². The van der Waals surface area contributed by atoms with Crippen LogP contribution in [0.4, 0.5) is 0 Å². The summed E-state index contributed by atoms with van der Waals surface area (Å²) in [6, 6.07) is -23.9. The number of hydrogen-bond acceptors (Lipinski definition) is 4. The lowest BCUT2D eigenvalue weighted by molar-refractivity contribution is 1.07. The first-order chi connectivity index (χ1) is 36.4. The third-order valence-electron chi connectivity index (χ3n) is 7.49. The lowest BCUT2D eigenvalue weighted by atomic mass is 10.0. The lowest BCUT2D eigenvalue weighted by Crippen LogP contribution is -1.99. The van der Waals surface area contributed by atoms with Crippen molar-refractivity contribution in [2.24, 2.45) is 0 Å². The van der Waals surface area contributed by atoms with Crippen LogP contribution < -0.4 is 0 Å². The third kappa shape index (κ3) is 4.71. The zero-order valence-electron chi connectivity index (χ0n) is 52.7. The molecule has 0 unspecified atom stereocenters. The molecule has 5 heteroatoms. The fraction of sp³-hybridized carbons (Fsp3) is 0. The van der Waals surface area contributed by atoms with Crippen LogP contribution >= 0.6 is 11.3 Å². The second-order valence-corrected chi connectivity index (χ2v) is 11.3. The monoisotopic (exact) mass is 684 g/mol. The van der Waals surface area contributed by atoms with E-state index < -0.39 is 253 Å². The summed E-state index contributed by atoms with van der Waals surface area (Å²) in [4.78, 5) is 12.8. The van der Waals surface area contributed by atoms with Gasteiger partial charge >= 0.3 is 0 Å². The predicted molar refractivity (Wildman–Crippen MR) is 209 cm³/mol. The average molecular weight is 685 g/mol. The van der Waals surface area contributed by atoms with E-state index in [1.54, 1.807) is 0 Å². The molecular weight excluding hydrogens is 629 g/mol. The Balaban J connectivity index is 1.34. The zero-order chi connectivity index (χ0) is 57.4. The smallest absolute Gasteiger partial charge is 0.164 e. The standard InChI is InChI=1S/C45H28N4S/c1-3-13-29(14-4-1)43-46-44(30-15-5-2-6-16-30)48-45(47-43)32-23-25-36-37-27-31(24-26-41(37)50-42(36)28-32)33-17-7-10-20-38(33)49-39-21-11-8-18-34(39)35-19-9-12-22-40(35)49/h1-28H/i1D,2D,3D,4D,5D,6D,7D,8D,9D,10D,11D,12D,13D,14D,15D,16D,17D,18D,19D,20D,21D,22D,23D,24D,25D,26D,27D,28D. The van der Waals surface area contributed by atoms with Crippen LogP contribution in [-0.2, 0) is 0 Å². The molecule has 0 radical (unpaired) electrons. The molecule has 0 saturated carbocycles. The quantitative estimate of drug-likeness (QED) is 0.181. The van der Waals surface area contributed by atoms with E-state index in [0.717, 1.165) is 4.57 Å². The maximum absolute atomic E-state index is 9.81. The Morgan fingerprint density at radius 3 is 1.60 bits per heavy atom. The van der Waals surface area contributed by atoms with Crippen molar-refractivity contribution in [3.8, 4) is 51.0 Å². The lowest BCUT2D eigenvalue weighted by Gasteiger charge is -2.14. The summed E-state index contributed by atoms with van der Waals surface area (Å²) in [6.45, 7) is 0. The number of rotatable bonds is 5. The summed E-state index contributed by atoms with van der Waals surface area (Å²) in [5, 5.41) is -1.76. The van der Waals surface area contributed by atoms with Crippen molar-refractivity contribution in [2.75, 3.05) is 0 Å². The first kappa shape index (κ1) is 12.2. The maximum atomic E-state index is 9.81. The number of thiophene rings is 1. The molecule has 0 aliphatic heterocycles.